The monoisotopic (exact) mass is 363 g/mol. The van der Waals surface area contributed by atoms with E-state index in [0.717, 1.165) is 29.7 Å². The van der Waals surface area contributed by atoms with Gasteiger partial charge in [0.2, 0.25) is 0 Å². The Bertz CT molecular complexity index is 983. The molecule has 0 amide bonds. The van der Waals surface area contributed by atoms with E-state index in [0.29, 0.717) is 30.4 Å². The third kappa shape index (κ3) is 3.83. The summed E-state index contributed by atoms with van der Waals surface area (Å²) in [4.78, 5) is 11.1. The molecule has 1 fully saturated rings. The minimum Gasteiger partial charge on any atom is -0.507 e. The van der Waals surface area contributed by atoms with Crippen LogP contribution in [0.15, 0.2) is 47.6 Å². The lowest BCUT2D eigenvalue weighted by Crippen LogP contribution is -2.36. The number of nitrogens with zero attached hydrogens (tertiary/aromatic N) is 4. The average molecular weight is 363 g/mol. The van der Waals surface area contributed by atoms with Crippen LogP contribution in [0.4, 0.5) is 11.6 Å². The predicted molar refractivity (Wildman–Crippen MR) is 107 cm³/mol. The van der Waals surface area contributed by atoms with Crippen LogP contribution in [0.1, 0.15) is 11.4 Å². The molecule has 1 aliphatic heterocycles. The van der Waals surface area contributed by atoms with Crippen LogP contribution >= 0.6 is 0 Å². The van der Waals surface area contributed by atoms with Crippen LogP contribution in [0.5, 0.6) is 5.75 Å². The second kappa shape index (κ2) is 7.59. The van der Waals surface area contributed by atoms with Gasteiger partial charge in [0.25, 0.3) is 0 Å². The Morgan fingerprint density at radius 2 is 1.96 bits per heavy atom. The first-order valence-electron chi connectivity index (χ1n) is 8.89. The predicted octanol–water partition coefficient (Wildman–Crippen LogP) is 2.93. The van der Waals surface area contributed by atoms with Crippen molar-refractivity contribution in [2.24, 2.45) is 5.10 Å². The first-order valence-corrected chi connectivity index (χ1v) is 8.89. The van der Waals surface area contributed by atoms with Gasteiger partial charge in [0.1, 0.15) is 17.4 Å². The minimum absolute atomic E-state index is 0.187. The van der Waals surface area contributed by atoms with Gasteiger partial charge in [-0.1, -0.05) is 30.3 Å². The number of fused-ring (bicyclic) bond motifs is 1. The van der Waals surface area contributed by atoms with Crippen LogP contribution in [-0.2, 0) is 4.74 Å². The molecule has 138 valence electrons. The van der Waals surface area contributed by atoms with E-state index >= 15 is 0 Å². The van der Waals surface area contributed by atoms with Gasteiger partial charge in [0, 0.05) is 24.7 Å². The fourth-order valence-corrected chi connectivity index (χ4v) is 3.15. The van der Waals surface area contributed by atoms with Crippen molar-refractivity contribution in [1.29, 1.82) is 0 Å². The van der Waals surface area contributed by atoms with E-state index in [-0.39, 0.29) is 5.75 Å². The molecule has 27 heavy (non-hydrogen) atoms. The van der Waals surface area contributed by atoms with Crippen LogP contribution in [-0.4, -0.2) is 47.6 Å². The number of phenols is 1. The zero-order chi connectivity index (χ0) is 18.6. The van der Waals surface area contributed by atoms with Crippen molar-refractivity contribution in [2.45, 2.75) is 6.92 Å². The van der Waals surface area contributed by atoms with E-state index in [1.165, 1.54) is 0 Å². The summed E-state index contributed by atoms with van der Waals surface area (Å²) < 4.78 is 5.39. The van der Waals surface area contributed by atoms with Gasteiger partial charge in [-0.3, -0.25) is 5.43 Å². The molecular formula is C20H21N5O2. The van der Waals surface area contributed by atoms with E-state index in [4.69, 9.17) is 4.74 Å². The fourth-order valence-electron chi connectivity index (χ4n) is 3.15. The summed E-state index contributed by atoms with van der Waals surface area (Å²) in [5, 5.41) is 16.5. The molecule has 2 N–H and O–H groups in total. The Morgan fingerprint density at radius 1 is 1.15 bits per heavy atom. The SMILES string of the molecule is Cc1nc(N/N=C\c2c(O)ccc3ccccc23)cc(N2CCOCC2)n1. The van der Waals surface area contributed by atoms with Crippen LogP contribution in [0, 0.1) is 6.92 Å². The Kier molecular flexibility index (Phi) is 4.84. The van der Waals surface area contributed by atoms with Crippen molar-refractivity contribution in [3.8, 4) is 5.75 Å². The number of rotatable bonds is 4. The van der Waals surface area contributed by atoms with Crippen LogP contribution in [0.3, 0.4) is 0 Å². The van der Waals surface area contributed by atoms with Gasteiger partial charge >= 0.3 is 0 Å². The Balaban J connectivity index is 1.57. The van der Waals surface area contributed by atoms with Gasteiger partial charge < -0.3 is 14.7 Å². The first kappa shape index (κ1) is 17.2. The van der Waals surface area contributed by atoms with Gasteiger partial charge in [0.15, 0.2) is 5.82 Å². The molecule has 1 saturated heterocycles. The zero-order valence-corrected chi connectivity index (χ0v) is 15.1. The highest BCUT2D eigenvalue weighted by Crippen LogP contribution is 2.25. The molecule has 4 rings (SSSR count). The first-order chi connectivity index (χ1) is 13.2. The van der Waals surface area contributed by atoms with E-state index in [9.17, 15) is 5.11 Å². The Labute approximate surface area is 157 Å². The maximum absolute atomic E-state index is 10.2. The summed E-state index contributed by atoms with van der Waals surface area (Å²) in [6, 6.07) is 13.3. The van der Waals surface area contributed by atoms with Gasteiger partial charge in [-0.05, 0) is 23.8 Å². The van der Waals surface area contributed by atoms with E-state index < -0.39 is 0 Å². The Morgan fingerprint density at radius 3 is 2.81 bits per heavy atom. The highest BCUT2D eigenvalue weighted by Gasteiger charge is 2.14. The van der Waals surface area contributed by atoms with Gasteiger partial charge in [-0.15, -0.1) is 0 Å². The molecule has 2 heterocycles. The number of nitrogens with one attached hydrogen (secondary N) is 1. The molecule has 7 nitrogen and oxygen atoms in total. The summed E-state index contributed by atoms with van der Waals surface area (Å²) in [5.74, 6) is 2.33. The van der Waals surface area contributed by atoms with E-state index in [2.05, 4.69) is 25.4 Å². The maximum Gasteiger partial charge on any atom is 0.152 e. The topological polar surface area (TPSA) is 82.9 Å². The summed E-state index contributed by atoms with van der Waals surface area (Å²) >= 11 is 0. The molecule has 0 atom stereocenters. The number of aromatic hydroxyl groups is 1. The molecule has 0 saturated carbocycles. The van der Waals surface area contributed by atoms with Gasteiger partial charge in [-0.25, -0.2) is 9.97 Å². The number of phenolic OH excluding ortho intramolecular Hbond substituents is 1. The maximum atomic E-state index is 10.2. The number of hydrogen-bond donors (Lipinski definition) is 2. The number of ether oxygens (including phenoxy) is 1. The number of hydrazone groups is 1. The van der Waals surface area contributed by atoms with Crippen molar-refractivity contribution in [1.82, 2.24) is 9.97 Å². The van der Waals surface area contributed by atoms with Crippen LogP contribution < -0.4 is 10.3 Å². The highest BCUT2D eigenvalue weighted by molar-refractivity contribution is 6.02. The summed E-state index contributed by atoms with van der Waals surface area (Å²) in [6.45, 7) is 4.87. The van der Waals surface area contributed by atoms with Crippen molar-refractivity contribution in [2.75, 3.05) is 36.6 Å². The molecule has 0 unspecified atom stereocenters. The smallest absolute Gasteiger partial charge is 0.152 e. The standard InChI is InChI=1S/C20H21N5O2/c1-14-22-19(12-20(23-14)25-8-10-27-11-9-25)24-21-13-17-16-5-3-2-4-15(16)6-7-18(17)26/h2-7,12-13,26H,8-11H2,1H3,(H,22,23,24)/b21-13-. The van der Waals surface area contributed by atoms with Gasteiger partial charge in [-0.2, -0.15) is 5.10 Å². The summed E-state index contributed by atoms with van der Waals surface area (Å²) in [5.41, 5.74) is 3.62. The Hall–Kier alpha value is -3.19. The lowest BCUT2D eigenvalue weighted by molar-refractivity contribution is 0.122. The van der Waals surface area contributed by atoms with Crippen molar-refractivity contribution in [3.05, 3.63) is 53.9 Å². The third-order valence-corrected chi connectivity index (χ3v) is 4.48. The third-order valence-electron chi connectivity index (χ3n) is 4.48. The number of aryl methyl sites for hydroxylation is 1. The second-order valence-electron chi connectivity index (χ2n) is 6.35. The molecule has 0 spiro atoms. The number of anilines is 2. The van der Waals surface area contributed by atoms with Crippen LogP contribution in [0.25, 0.3) is 10.8 Å². The highest BCUT2D eigenvalue weighted by atomic mass is 16.5. The fraction of sp³-hybridized carbons (Fsp3) is 0.250. The van der Waals surface area contributed by atoms with Crippen LogP contribution in [0.2, 0.25) is 0 Å². The number of aromatic nitrogens is 2. The molecular weight excluding hydrogens is 342 g/mol. The molecule has 1 aromatic heterocycles. The number of hydrogen-bond acceptors (Lipinski definition) is 7. The van der Waals surface area contributed by atoms with Crippen molar-refractivity contribution < 1.29 is 9.84 Å². The van der Waals surface area contributed by atoms with E-state index in [1.807, 2.05) is 43.3 Å². The molecule has 3 aromatic rings. The molecule has 0 bridgehead atoms. The summed E-state index contributed by atoms with van der Waals surface area (Å²) in [6.07, 6.45) is 1.61. The number of benzene rings is 2. The summed E-state index contributed by atoms with van der Waals surface area (Å²) in [7, 11) is 0. The number of morpholine rings is 1. The van der Waals surface area contributed by atoms with E-state index in [1.54, 1.807) is 12.3 Å². The molecule has 2 aromatic carbocycles. The van der Waals surface area contributed by atoms with Crippen molar-refractivity contribution in [3.63, 3.8) is 0 Å². The lowest BCUT2D eigenvalue weighted by atomic mass is 10.0. The minimum atomic E-state index is 0.187. The average Bonchev–Trinajstić information content (AvgIpc) is 2.70. The lowest BCUT2D eigenvalue weighted by Gasteiger charge is -2.28. The molecule has 1 aliphatic rings. The normalized spacial score (nSPS) is 14.8. The largest absolute Gasteiger partial charge is 0.507 e. The molecule has 0 aliphatic carbocycles. The molecule has 7 heteroatoms. The molecule has 0 radical (unpaired) electrons. The quantitative estimate of drug-likeness (QED) is 0.548. The second-order valence-corrected chi connectivity index (χ2v) is 6.35. The zero-order valence-electron chi connectivity index (χ0n) is 15.1. The van der Waals surface area contributed by atoms with Crippen molar-refractivity contribution >= 4 is 28.6 Å². The van der Waals surface area contributed by atoms with Gasteiger partial charge in [0.05, 0.1) is 19.4 Å².